The lowest BCUT2D eigenvalue weighted by Crippen LogP contribution is -2.42. The lowest BCUT2D eigenvalue weighted by molar-refractivity contribution is -0.00795. The number of imidazole rings is 1. The van der Waals surface area contributed by atoms with Crippen molar-refractivity contribution in [3.63, 3.8) is 0 Å². The van der Waals surface area contributed by atoms with Gasteiger partial charge in [-0.3, -0.25) is 9.05 Å². The Balaban J connectivity index is 1.31. The topological polar surface area (TPSA) is 146 Å². The van der Waals surface area contributed by atoms with Gasteiger partial charge in [0.05, 0.1) is 25.7 Å². The van der Waals surface area contributed by atoms with Gasteiger partial charge in [-0.2, -0.15) is 4.98 Å². The molecule has 2 aromatic heterocycles. The summed E-state index contributed by atoms with van der Waals surface area (Å²) in [6.07, 6.45) is 4.35. The number of hydrogen-bond donors (Lipinski definition) is 3. The van der Waals surface area contributed by atoms with Crippen LogP contribution in [0.25, 0.3) is 11.2 Å². The number of nitrogen functional groups attached to an aromatic ring is 1. The molecule has 1 fully saturated rings. The molecule has 160 valence electrons. The summed E-state index contributed by atoms with van der Waals surface area (Å²) in [5.74, 6) is -0.101. The van der Waals surface area contributed by atoms with Gasteiger partial charge in [-0.05, 0) is 24.3 Å². The molecule has 1 aliphatic carbocycles. The Bertz CT molecular complexity index is 1050. The quantitative estimate of drug-likeness (QED) is 0.431. The number of fused-ring (bicyclic) bond motifs is 1. The van der Waals surface area contributed by atoms with Crippen molar-refractivity contribution >= 4 is 24.9 Å². The van der Waals surface area contributed by atoms with Gasteiger partial charge in [-0.1, -0.05) is 30.3 Å². The van der Waals surface area contributed by atoms with Gasteiger partial charge in [-0.25, -0.2) is 14.5 Å². The van der Waals surface area contributed by atoms with Gasteiger partial charge in [0.15, 0.2) is 5.65 Å². The highest BCUT2D eigenvalue weighted by atomic mass is 31.2. The third kappa shape index (κ3) is 4.53. The number of benzene rings is 1. The summed E-state index contributed by atoms with van der Waals surface area (Å²) in [5.41, 5.74) is 7.90. The molecule has 11 heteroatoms. The molecule has 0 saturated heterocycles. The van der Waals surface area contributed by atoms with Crippen LogP contribution < -0.4 is 5.73 Å². The molecule has 0 bridgehead atoms. The number of phosphoric ester groups is 1. The van der Waals surface area contributed by atoms with Gasteiger partial charge < -0.3 is 20.3 Å². The monoisotopic (exact) mass is 433 g/mol. The summed E-state index contributed by atoms with van der Waals surface area (Å²) < 4.78 is 24.3. The fourth-order valence-corrected chi connectivity index (χ4v) is 4.57. The summed E-state index contributed by atoms with van der Waals surface area (Å²) in [4.78, 5) is 22.4. The minimum atomic E-state index is -4.16. The molecule has 3 aromatic rings. The molecule has 1 saturated carbocycles. The molecule has 0 amide bonds. The summed E-state index contributed by atoms with van der Waals surface area (Å²) in [7, 11) is -4.16. The van der Waals surface area contributed by atoms with Crippen molar-refractivity contribution in [1.29, 1.82) is 0 Å². The maximum absolute atomic E-state index is 12.2. The van der Waals surface area contributed by atoms with Gasteiger partial charge in [-0.15, -0.1) is 0 Å². The molecule has 0 radical (unpaired) electrons. The second kappa shape index (κ2) is 8.79. The van der Waals surface area contributed by atoms with Crippen LogP contribution in [-0.4, -0.2) is 49.3 Å². The number of aliphatic hydroxyl groups excluding tert-OH is 1. The Kier molecular flexibility index (Phi) is 6.12. The van der Waals surface area contributed by atoms with E-state index in [1.807, 2.05) is 34.9 Å². The molecule has 1 aliphatic rings. The van der Waals surface area contributed by atoms with Crippen LogP contribution in [0.5, 0.6) is 0 Å². The fraction of sp³-hybridized carbons (Fsp3) is 0.421. The van der Waals surface area contributed by atoms with E-state index < -0.39 is 7.82 Å². The number of nitrogens with two attached hydrogens (primary N) is 1. The number of anilines is 1. The van der Waals surface area contributed by atoms with Crippen molar-refractivity contribution in [2.24, 2.45) is 11.8 Å². The lowest BCUT2D eigenvalue weighted by atomic mass is 9.70. The summed E-state index contributed by atoms with van der Waals surface area (Å²) in [6, 6.07) is 9.49. The molecule has 0 aliphatic heterocycles. The van der Waals surface area contributed by atoms with E-state index in [1.54, 1.807) is 12.5 Å². The van der Waals surface area contributed by atoms with Crippen LogP contribution in [0.2, 0.25) is 0 Å². The van der Waals surface area contributed by atoms with Crippen molar-refractivity contribution in [2.75, 3.05) is 25.6 Å². The van der Waals surface area contributed by atoms with E-state index in [2.05, 4.69) is 15.0 Å². The van der Waals surface area contributed by atoms with Crippen LogP contribution in [0.4, 0.5) is 5.95 Å². The van der Waals surface area contributed by atoms with E-state index in [9.17, 15) is 14.6 Å². The van der Waals surface area contributed by atoms with E-state index in [-0.39, 0.29) is 43.6 Å². The Hall–Kier alpha value is -2.36. The first-order chi connectivity index (χ1) is 14.5. The second-order valence-corrected chi connectivity index (χ2v) is 8.79. The number of rotatable bonds is 9. The van der Waals surface area contributed by atoms with Crippen LogP contribution in [-0.2, 0) is 20.0 Å². The van der Waals surface area contributed by atoms with E-state index >= 15 is 0 Å². The first kappa shape index (κ1) is 20.9. The highest BCUT2D eigenvalue weighted by Gasteiger charge is 2.43. The zero-order chi connectivity index (χ0) is 21.1. The predicted molar refractivity (Wildman–Crippen MR) is 109 cm³/mol. The smallest absolute Gasteiger partial charge is 0.396 e. The van der Waals surface area contributed by atoms with E-state index in [0.717, 1.165) is 5.56 Å². The number of hydrogen-bond acceptors (Lipinski definition) is 8. The fourth-order valence-electron chi connectivity index (χ4n) is 3.79. The minimum absolute atomic E-state index is 0.0184. The molecular formula is C19H24N5O5P. The van der Waals surface area contributed by atoms with Crippen molar-refractivity contribution in [2.45, 2.75) is 18.9 Å². The predicted octanol–water partition coefficient (Wildman–Crippen LogP) is 1.95. The molecular weight excluding hydrogens is 409 g/mol. The number of nitrogens with zero attached hydrogens (tertiary/aromatic N) is 4. The molecule has 0 spiro atoms. The summed E-state index contributed by atoms with van der Waals surface area (Å²) in [5, 5.41) is 9.84. The second-order valence-electron chi connectivity index (χ2n) is 7.33. The highest BCUT2D eigenvalue weighted by Crippen LogP contribution is 2.49. The number of aromatic nitrogens is 4. The van der Waals surface area contributed by atoms with Crippen LogP contribution in [0.1, 0.15) is 18.0 Å². The molecule has 4 N–H and O–H groups in total. The van der Waals surface area contributed by atoms with Crippen molar-refractivity contribution in [3.05, 3.63) is 48.4 Å². The molecule has 1 aromatic carbocycles. The Labute approximate surface area is 173 Å². The van der Waals surface area contributed by atoms with Crippen molar-refractivity contribution in [3.8, 4) is 0 Å². The van der Waals surface area contributed by atoms with Gasteiger partial charge in [0.2, 0.25) is 5.95 Å². The van der Waals surface area contributed by atoms with E-state index in [4.69, 9.17) is 14.8 Å². The molecule has 2 heterocycles. The molecule has 4 rings (SSSR count). The minimum Gasteiger partial charge on any atom is -0.396 e. The average Bonchev–Trinajstić information content (AvgIpc) is 3.11. The van der Waals surface area contributed by atoms with Crippen molar-refractivity contribution < 1.29 is 23.6 Å². The van der Waals surface area contributed by atoms with Crippen LogP contribution in [0.3, 0.4) is 0 Å². The van der Waals surface area contributed by atoms with Gasteiger partial charge >= 0.3 is 7.82 Å². The third-order valence-corrected chi connectivity index (χ3v) is 6.47. The van der Waals surface area contributed by atoms with E-state index in [0.29, 0.717) is 24.0 Å². The molecule has 4 unspecified atom stereocenters. The molecule has 10 nitrogen and oxygen atoms in total. The normalized spacial score (nSPS) is 23.2. The van der Waals surface area contributed by atoms with Crippen LogP contribution >= 0.6 is 7.82 Å². The number of aliphatic hydroxyl groups is 1. The largest absolute Gasteiger partial charge is 0.472 e. The van der Waals surface area contributed by atoms with E-state index in [1.165, 1.54) is 0 Å². The Morgan fingerprint density at radius 2 is 2.03 bits per heavy atom. The third-order valence-electron chi connectivity index (χ3n) is 5.49. The Morgan fingerprint density at radius 1 is 1.23 bits per heavy atom. The SMILES string of the molecule is Nc1ncc2ncn(C3CC(COP(=O)(O)OCCc4ccccc4)C3CO)c2n1. The van der Waals surface area contributed by atoms with Crippen LogP contribution in [0.15, 0.2) is 42.9 Å². The first-order valence-electron chi connectivity index (χ1n) is 9.68. The van der Waals surface area contributed by atoms with Crippen molar-refractivity contribution in [1.82, 2.24) is 19.5 Å². The zero-order valence-corrected chi connectivity index (χ0v) is 17.1. The first-order valence-corrected chi connectivity index (χ1v) is 11.2. The highest BCUT2D eigenvalue weighted by molar-refractivity contribution is 7.47. The summed E-state index contributed by atoms with van der Waals surface area (Å²) in [6.45, 7) is 0.00475. The molecule has 4 atom stereocenters. The maximum Gasteiger partial charge on any atom is 0.472 e. The maximum atomic E-state index is 12.2. The zero-order valence-electron chi connectivity index (χ0n) is 16.2. The number of phosphoric acid groups is 1. The lowest BCUT2D eigenvalue weighted by Gasteiger charge is -2.44. The van der Waals surface area contributed by atoms with Gasteiger partial charge in [0, 0.05) is 18.6 Å². The van der Waals surface area contributed by atoms with Gasteiger partial charge in [0.25, 0.3) is 0 Å². The Morgan fingerprint density at radius 3 is 2.80 bits per heavy atom. The van der Waals surface area contributed by atoms with Crippen LogP contribution in [0, 0.1) is 11.8 Å². The average molecular weight is 433 g/mol. The van der Waals surface area contributed by atoms with Gasteiger partial charge in [0.1, 0.15) is 5.52 Å². The standard InChI is InChI=1S/C19H24N5O5P/c20-19-21-9-16-18(23-19)24(12-22-16)17-8-14(15(17)10-25)11-29-30(26,27)28-7-6-13-4-2-1-3-5-13/h1-5,9,12,14-15,17,25H,6-8,10-11H2,(H,26,27)(H2,20,21,23). The molecule has 30 heavy (non-hydrogen) atoms. The summed E-state index contributed by atoms with van der Waals surface area (Å²) >= 11 is 0.